The highest BCUT2D eigenvalue weighted by atomic mass is 35.5. The molecular formula is C20H13ClF2N4O. The zero-order chi connectivity index (χ0) is 20.0. The number of hydrogen-bond acceptors (Lipinski definition) is 4. The third kappa shape index (κ3) is 2.79. The molecule has 2 aromatic carbocycles. The number of nitrogens with zero attached hydrogens (tertiary/aromatic N) is 3. The molecule has 28 heavy (non-hydrogen) atoms. The summed E-state index contributed by atoms with van der Waals surface area (Å²) in [6.45, 7) is 1.74. The number of aryl methyl sites for hydroxylation is 1. The average Bonchev–Trinajstić information content (AvgIpc) is 2.99. The Hall–Kier alpha value is -3.37. The van der Waals surface area contributed by atoms with Crippen molar-refractivity contribution in [3.63, 3.8) is 0 Å². The van der Waals surface area contributed by atoms with Crippen LogP contribution in [0.3, 0.4) is 0 Å². The van der Waals surface area contributed by atoms with Crippen molar-refractivity contribution in [1.82, 2.24) is 9.78 Å². The molecule has 0 amide bonds. The molecule has 5 nitrogen and oxygen atoms in total. The Morgan fingerprint density at radius 3 is 2.68 bits per heavy atom. The Kier molecular flexibility index (Phi) is 4.28. The van der Waals surface area contributed by atoms with Crippen molar-refractivity contribution >= 4 is 11.6 Å². The van der Waals surface area contributed by atoms with Crippen molar-refractivity contribution in [3.8, 4) is 17.6 Å². The predicted molar refractivity (Wildman–Crippen MR) is 99.0 cm³/mol. The predicted octanol–water partition coefficient (Wildman–Crippen LogP) is 4.33. The lowest BCUT2D eigenvalue weighted by Gasteiger charge is -2.25. The van der Waals surface area contributed by atoms with Crippen LogP contribution in [0.25, 0.3) is 5.69 Å². The van der Waals surface area contributed by atoms with Crippen molar-refractivity contribution in [2.45, 2.75) is 12.8 Å². The number of nitrogens with two attached hydrogens (primary N) is 1. The topological polar surface area (TPSA) is 76.9 Å². The minimum atomic E-state index is -1.01. The lowest BCUT2D eigenvalue weighted by Crippen LogP contribution is -2.22. The molecule has 1 atom stereocenters. The molecule has 0 saturated carbocycles. The highest BCUT2D eigenvalue weighted by Crippen LogP contribution is 2.44. The van der Waals surface area contributed by atoms with Crippen LogP contribution in [0.1, 0.15) is 22.7 Å². The summed E-state index contributed by atoms with van der Waals surface area (Å²) in [5.74, 6) is -2.55. The maximum Gasteiger partial charge on any atom is 0.229 e. The van der Waals surface area contributed by atoms with E-state index in [2.05, 4.69) is 5.10 Å². The van der Waals surface area contributed by atoms with Gasteiger partial charge in [-0.15, -0.1) is 0 Å². The summed E-state index contributed by atoms with van der Waals surface area (Å²) >= 11 is 6.08. The Morgan fingerprint density at radius 2 is 2.00 bits per heavy atom. The SMILES string of the molecule is Cc1nn(-c2cccc(Cl)c2)c2c1[C@@H](c1ccc(F)c(F)c1)C(C#N)=C(N)O2. The third-order valence-electron chi connectivity index (χ3n) is 4.56. The molecule has 2 heterocycles. The van der Waals surface area contributed by atoms with E-state index in [4.69, 9.17) is 22.1 Å². The van der Waals surface area contributed by atoms with Crippen LogP contribution >= 0.6 is 11.6 Å². The Labute approximate surface area is 164 Å². The molecule has 0 spiro atoms. The molecule has 0 saturated heterocycles. The number of rotatable bonds is 2. The molecule has 4 rings (SSSR count). The van der Waals surface area contributed by atoms with E-state index in [1.54, 1.807) is 31.2 Å². The summed E-state index contributed by atoms with van der Waals surface area (Å²) in [6, 6.07) is 12.5. The van der Waals surface area contributed by atoms with Crippen molar-refractivity contribution in [2.24, 2.45) is 5.73 Å². The quantitative estimate of drug-likeness (QED) is 0.697. The minimum absolute atomic E-state index is 0.104. The number of fused-ring (bicyclic) bond motifs is 1. The van der Waals surface area contributed by atoms with Crippen LogP contribution in [0.4, 0.5) is 8.78 Å². The zero-order valence-corrected chi connectivity index (χ0v) is 15.3. The van der Waals surface area contributed by atoms with Gasteiger partial charge in [-0.3, -0.25) is 0 Å². The normalized spacial score (nSPS) is 15.8. The maximum absolute atomic E-state index is 13.9. The molecule has 3 aromatic rings. The van der Waals surface area contributed by atoms with E-state index >= 15 is 0 Å². The summed E-state index contributed by atoms with van der Waals surface area (Å²) in [6.07, 6.45) is 0. The summed E-state index contributed by atoms with van der Waals surface area (Å²) in [5, 5.41) is 14.6. The van der Waals surface area contributed by atoms with Gasteiger partial charge in [-0.05, 0) is 42.8 Å². The molecule has 0 aliphatic carbocycles. The first-order chi connectivity index (χ1) is 13.4. The van der Waals surface area contributed by atoms with Gasteiger partial charge in [-0.2, -0.15) is 10.4 Å². The fourth-order valence-corrected chi connectivity index (χ4v) is 3.51. The van der Waals surface area contributed by atoms with Crippen LogP contribution in [-0.2, 0) is 0 Å². The van der Waals surface area contributed by atoms with Gasteiger partial charge in [0.15, 0.2) is 11.6 Å². The molecular weight excluding hydrogens is 386 g/mol. The van der Waals surface area contributed by atoms with E-state index < -0.39 is 17.6 Å². The van der Waals surface area contributed by atoms with Crippen LogP contribution in [0.15, 0.2) is 53.9 Å². The van der Waals surface area contributed by atoms with Crippen molar-refractivity contribution < 1.29 is 13.5 Å². The van der Waals surface area contributed by atoms with Gasteiger partial charge >= 0.3 is 0 Å². The van der Waals surface area contributed by atoms with Crippen LogP contribution in [0.5, 0.6) is 5.88 Å². The zero-order valence-electron chi connectivity index (χ0n) is 14.6. The van der Waals surface area contributed by atoms with E-state index in [0.29, 0.717) is 33.4 Å². The Bertz CT molecular complexity index is 1180. The largest absolute Gasteiger partial charge is 0.422 e. The lowest BCUT2D eigenvalue weighted by atomic mass is 9.84. The van der Waals surface area contributed by atoms with Gasteiger partial charge in [0.2, 0.25) is 11.8 Å². The van der Waals surface area contributed by atoms with Crippen LogP contribution < -0.4 is 10.5 Å². The molecule has 140 valence electrons. The molecule has 0 unspecified atom stereocenters. The van der Waals surface area contributed by atoms with E-state index in [1.807, 2.05) is 6.07 Å². The first-order valence-corrected chi connectivity index (χ1v) is 8.66. The summed E-state index contributed by atoms with van der Waals surface area (Å²) in [4.78, 5) is 0. The molecule has 1 aliphatic rings. The van der Waals surface area contributed by atoms with Gasteiger partial charge < -0.3 is 10.5 Å². The first kappa shape index (κ1) is 18.0. The number of hydrogen-bond donors (Lipinski definition) is 1. The summed E-state index contributed by atoms with van der Waals surface area (Å²) < 4.78 is 34.5. The maximum atomic E-state index is 13.9. The molecule has 1 aliphatic heterocycles. The minimum Gasteiger partial charge on any atom is -0.422 e. The van der Waals surface area contributed by atoms with Crippen molar-refractivity contribution in [3.05, 3.63) is 87.4 Å². The smallest absolute Gasteiger partial charge is 0.229 e. The van der Waals surface area contributed by atoms with E-state index in [1.165, 1.54) is 10.7 Å². The van der Waals surface area contributed by atoms with E-state index in [-0.39, 0.29) is 11.5 Å². The summed E-state index contributed by atoms with van der Waals surface area (Å²) in [5.41, 5.74) is 8.21. The number of benzene rings is 2. The fourth-order valence-electron chi connectivity index (χ4n) is 3.32. The van der Waals surface area contributed by atoms with Gasteiger partial charge in [-0.25, -0.2) is 13.5 Å². The number of allylic oxidation sites excluding steroid dienone is 1. The van der Waals surface area contributed by atoms with Crippen LogP contribution in [0.2, 0.25) is 5.02 Å². The van der Waals surface area contributed by atoms with Gasteiger partial charge in [0.1, 0.15) is 11.6 Å². The van der Waals surface area contributed by atoms with Crippen LogP contribution in [-0.4, -0.2) is 9.78 Å². The molecule has 1 aromatic heterocycles. The van der Waals surface area contributed by atoms with E-state index in [9.17, 15) is 14.0 Å². The second-order valence-electron chi connectivity index (χ2n) is 6.29. The van der Waals surface area contributed by atoms with Gasteiger partial charge in [-0.1, -0.05) is 23.7 Å². The van der Waals surface area contributed by atoms with Gasteiger partial charge in [0, 0.05) is 5.02 Å². The van der Waals surface area contributed by atoms with Gasteiger partial charge in [0.05, 0.1) is 22.9 Å². The van der Waals surface area contributed by atoms with Crippen molar-refractivity contribution in [1.29, 1.82) is 5.26 Å². The molecule has 2 N–H and O–H groups in total. The van der Waals surface area contributed by atoms with E-state index in [0.717, 1.165) is 12.1 Å². The second-order valence-corrected chi connectivity index (χ2v) is 6.73. The Balaban J connectivity index is 1.96. The first-order valence-electron chi connectivity index (χ1n) is 8.28. The fraction of sp³-hybridized carbons (Fsp3) is 0.100. The number of ether oxygens (including phenoxy) is 1. The van der Waals surface area contributed by atoms with Crippen molar-refractivity contribution in [2.75, 3.05) is 0 Å². The molecule has 0 bridgehead atoms. The number of aromatic nitrogens is 2. The Morgan fingerprint density at radius 1 is 1.21 bits per heavy atom. The average molecular weight is 399 g/mol. The summed E-state index contributed by atoms with van der Waals surface area (Å²) in [7, 11) is 0. The second kappa shape index (κ2) is 6.66. The van der Waals surface area contributed by atoms with Gasteiger partial charge in [0.25, 0.3) is 0 Å². The monoisotopic (exact) mass is 398 g/mol. The third-order valence-corrected chi connectivity index (χ3v) is 4.80. The number of nitriles is 1. The standard InChI is InChI=1S/C20H13ClF2N4O/c1-10-17-18(11-5-6-15(22)16(23)7-11)14(9-24)19(25)28-20(17)27(26-10)13-4-2-3-12(21)8-13/h2-8,18H,25H2,1H3/t18-/m0/s1. The molecule has 8 heteroatoms. The van der Waals surface area contributed by atoms with Crippen LogP contribution in [0, 0.1) is 29.9 Å². The molecule has 0 fully saturated rings. The highest BCUT2D eigenvalue weighted by molar-refractivity contribution is 6.30. The number of halogens is 3. The highest BCUT2D eigenvalue weighted by Gasteiger charge is 2.36. The lowest BCUT2D eigenvalue weighted by molar-refractivity contribution is 0.367. The molecule has 0 radical (unpaired) electrons.